The molecule has 23 heavy (non-hydrogen) atoms. The fourth-order valence-electron chi connectivity index (χ4n) is 3.00. The van der Waals surface area contributed by atoms with Gasteiger partial charge in [0.25, 0.3) is 0 Å². The predicted molar refractivity (Wildman–Crippen MR) is 86.9 cm³/mol. The Morgan fingerprint density at radius 1 is 1.13 bits per heavy atom. The fourth-order valence-corrected chi connectivity index (χ4v) is 3.00. The second kappa shape index (κ2) is 5.89. The van der Waals surface area contributed by atoms with E-state index in [0.29, 0.717) is 0 Å². The van der Waals surface area contributed by atoms with Crippen LogP contribution < -0.4 is 4.74 Å². The normalized spacial score (nSPS) is 14.7. The molecule has 1 aromatic carbocycles. The highest BCUT2D eigenvalue weighted by molar-refractivity contribution is 5.56. The first-order valence-electron chi connectivity index (χ1n) is 7.74. The van der Waals surface area contributed by atoms with Crippen LogP contribution in [-0.2, 0) is 19.6 Å². The fraction of sp³-hybridized carbons (Fsp3) is 0.294. The minimum Gasteiger partial charge on any atom is -0.497 e. The Morgan fingerprint density at radius 3 is 2.74 bits per heavy atom. The quantitative estimate of drug-likeness (QED) is 0.803. The van der Waals surface area contributed by atoms with Crippen LogP contribution in [0.15, 0.2) is 42.6 Å². The third-order valence-corrected chi connectivity index (χ3v) is 4.24. The highest BCUT2D eigenvalue weighted by atomic mass is 16.5. The Labute approximate surface area is 134 Å². The summed E-state index contributed by atoms with van der Waals surface area (Å²) in [6.07, 6.45) is 1.96. The Balaban J connectivity index is 1.54. The summed E-state index contributed by atoms with van der Waals surface area (Å²) in [4.78, 5) is 5.64. The van der Waals surface area contributed by atoms with Crippen LogP contribution in [0, 0.1) is 0 Å². The van der Waals surface area contributed by atoms with E-state index >= 15 is 0 Å². The van der Waals surface area contributed by atoms with Gasteiger partial charge in [0.05, 0.1) is 13.7 Å². The van der Waals surface area contributed by atoms with Gasteiger partial charge in [-0.05, 0) is 36.4 Å². The van der Waals surface area contributed by atoms with E-state index in [2.05, 4.69) is 30.7 Å². The van der Waals surface area contributed by atoms with Crippen LogP contribution in [0.2, 0.25) is 0 Å². The number of benzene rings is 1. The monoisotopic (exact) mass is 309 g/mol. The Morgan fingerprint density at radius 2 is 2.00 bits per heavy atom. The van der Waals surface area contributed by atoms with Gasteiger partial charge in [0, 0.05) is 37.1 Å². The van der Waals surface area contributed by atoms with E-state index in [9.17, 15) is 0 Å². The number of nitrogens with one attached hydrogen (secondary N) is 1. The smallest absolute Gasteiger partial charge is 0.164 e. The van der Waals surface area contributed by atoms with E-state index in [1.807, 2.05) is 36.5 Å². The first-order valence-corrected chi connectivity index (χ1v) is 7.74. The number of hydrogen-bond acceptors (Lipinski definition) is 4. The topological polar surface area (TPSA) is 59.0 Å². The van der Waals surface area contributed by atoms with Crippen molar-refractivity contribution in [2.75, 3.05) is 13.7 Å². The van der Waals surface area contributed by atoms with E-state index in [1.165, 1.54) is 5.69 Å². The first-order chi connectivity index (χ1) is 11.3. The molecule has 2 aromatic heterocycles. The van der Waals surface area contributed by atoms with Gasteiger partial charge in [0.15, 0.2) is 5.82 Å². The SMILES string of the molecule is COc1ccc(-c2nnc3n2CCN(Cc2ccc[nH]2)C3)cc1. The van der Waals surface area contributed by atoms with Crippen molar-refractivity contribution < 1.29 is 4.74 Å². The van der Waals surface area contributed by atoms with Crippen molar-refractivity contribution in [2.24, 2.45) is 0 Å². The third kappa shape index (κ3) is 2.73. The molecule has 118 valence electrons. The Hall–Kier alpha value is -2.60. The lowest BCUT2D eigenvalue weighted by Gasteiger charge is -2.27. The average molecular weight is 309 g/mol. The standard InChI is InChI=1S/C17H19N5O/c1-23-15-6-4-13(5-7-15)17-20-19-16-12-21(9-10-22(16)17)11-14-3-2-8-18-14/h2-8,18H,9-12H2,1H3. The van der Waals surface area contributed by atoms with Gasteiger partial charge in [-0.15, -0.1) is 10.2 Å². The molecule has 4 rings (SSSR count). The molecule has 3 heterocycles. The molecular formula is C17H19N5O. The minimum atomic E-state index is 0.822. The van der Waals surface area contributed by atoms with Crippen LogP contribution in [0.5, 0.6) is 5.75 Å². The molecule has 3 aromatic rings. The molecule has 0 unspecified atom stereocenters. The molecule has 0 amide bonds. The van der Waals surface area contributed by atoms with E-state index in [4.69, 9.17) is 4.74 Å². The number of hydrogen-bond donors (Lipinski definition) is 1. The zero-order valence-corrected chi connectivity index (χ0v) is 13.1. The molecule has 0 saturated heterocycles. The molecule has 0 aliphatic carbocycles. The van der Waals surface area contributed by atoms with Crippen molar-refractivity contribution in [3.05, 3.63) is 54.1 Å². The number of aromatic nitrogens is 4. The number of fused-ring (bicyclic) bond motifs is 1. The first kappa shape index (κ1) is 14.0. The van der Waals surface area contributed by atoms with E-state index in [0.717, 1.165) is 49.1 Å². The summed E-state index contributed by atoms with van der Waals surface area (Å²) in [5, 5.41) is 8.78. The lowest BCUT2D eigenvalue weighted by atomic mass is 10.2. The summed E-state index contributed by atoms with van der Waals surface area (Å²) >= 11 is 0. The van der Waals surface area contributed by atoms with Crippen molar-refractivity contribution in [2.45, 2.75) is 19.6 Å². The van der Waals surface area contributed by atoms with Gasteiger partial charge in [-0.2, -0.15) is 0 Å². The van der Waals surface area contributed by atoms with Gasteiger partial charge < -0.3 is 14.3 Å². The van der Waals surface area contributed by atoms with Gasteiger partial charge in [0.2, 0.25) is 0 Å². The van der Waals surface area contributed by atoms with E-state index in [-0.39, 0.29) is 0 Å². The number of H-pyrrole nitrogens is 1. The second-order valence-corrected chi connectivity index (χ2v) is 5.73. The second-order valence-electron chi connectivity index (χ2n) is 5.73. The molecule has 1 aliphatic heterocycles. The van der Waals surface area contributed by atoms with Crippen molar-refractivity contribution in [3.63, 3.8) is 0 Å². The van der Waals surface area contributed by atoms with Crippen LogP contribution in [0.4, 0.5) is 0 Å². The van der Waals surface area contributed by atoms with Crippen LogP contribution in [-0.4, -0.2) is 38.3 Å². The summed E-state index contributed by atoms with van der Waals surface area (Å²) in [6.45, 7) is 3.64. The molecule has 1 N–H and O–H groups in total. The summed E-state index contributed by atoms with van der Waals surface area (Å²) in [7, 11) is 1.67. The summed E-state index contributed by atoms with van der Waals surface area (Å²) in [5.74, 6) is 2.81. The number of aromatic amines is 1. The summed E-state index contributed by atoms with van der Waals surface area (Å²) in [6, 6.07) is 12.1. The molecule has 0 spiro atoms. The van der Waals surface area contributed by atoms with Gasteiger partial charge in [-0.1, -0.05) is 0 Å². The Bertz CT molecular complexity index is 776. The number of methoxy groups -OCH3 is 1. The maximum Gasteiger partial charge on any atom is 0.164 e. The lowest BCUT2D eigenvalue weighted by molar-refractivity contribution is 0.207. The minimum absolute atomic E-state index is 0.822. The van der Waals surface area contributed by atoms with Crippen molar-refractivity contribution in [1.29, 1.82) is 0 Å². The lowest BCUT2D eigenvalue weighted by Crippen LogP contribution is -2.33. The zero-order chi connectivity index (χ0) is 15.6. The molecule has 0 saturated carbocycles. The van der Waals surface area contributed by atoms with Crippen LogP contribution in [0.1, 0.15) is 11.5 Å². The van der Waals surface area contributed by atoms with Gasteiger partial charge in [-0.25, -0.2) is 0 Å². The molecule has 6 heteroatoms. The van der Waals surface area contributed by atoms with Crippen molar-refractivity contribution >= 4 is 0 Å². The number of rotatable bonds is 4. The Kier molecular flexibility index (Phi) is 3.59. The third-order valence-electron chi connectivity index (χ3n) is 4.24. The van der Waals surface area contributed by atoms with Crippen LogP contribution >= 0.6 is 0 Å². The highest BCUT2D eigenvalue weighted by Gasteiger charge is 2.22. The maximum absolute atomic E-state index is 5.21. The average Bonchev–Trinajstić information content (AvgIpc) is 3.24. The van der Waals surface area contributed by atoms with Crippen molar-refractivity contribution in [3.8, 4) is 17.1 Å². The van der Waals surface area contributed by atoms with Crippen LogP contribution in [0.3, 0.4) is 0 Å². The summed E-state index contributed by atoms with van der Waals surface area (Å²) in [5.41, 5.74) is 2.30. The maximum atomic E-state index is 5.21. The van der Waals surface area contributed by atoms with Crippen molar-refractivity contribution in [1.82, 2.24) is 24.6 Å². The number of nitrogens with zero attached hydrogens (tertiary/aromatic N) is 4. The van der Waals surface area contributed by atoms with Gasteiger partial charge in [0.1, 0.15) is 11.6 Å². The zero-order valence-electron chi connectivity index (χ0n) is 13.1. The van der Waals surface area contributed by atoms with Gasteiger partial charge >= 0.3 is 0 Å². The predicted octanol–water partition coefficient (Wildman–Crippen LogP) is 2.30. The molecule has 0 atom stereocenters. The largest absolute Gasteiger partial charge is 0.497 e. The molecule has 1 aliphatic rings. The summed E-state index contributed by atoms with van der Waals surface area (Å²) < 4.78 is 7.43. The molecule has 6 nitrogen and oxygen atoms in total. The van der Waals surface area contributed by atoms with E-state index < -0.39 is 0 Å². The highest BCUT2D eigenvalue weighted by Crippen LogP contribution is 2.24. The van der Waals surface area contributed by atoms with Gasteiger partial charge in [-0.3, -0.25) is 4.90 Å². The molecule has 0 bridgehead atoms. The van der Waals surface area contributed by atoms with E-state index in [1.54, 1.807) is 7.11 Å². The number of ether oxygens (including phenoxy) is 1. The molecular weight excluding hydrogens is 290 g/mol. The molecule has 0 radical (unpaired) electrons. The molecule has 0 fully saturated rings. The van der Waals surface area contributed by atoms with Crippen LogP contribution in [0.25, 0.3) is 11.4 Å².